The molecule has 0 bridgehead atoms. The molecule has 1 heterocycles. The Kier molecular flexibility index (Phi) is 4.32. The van der Waals surface area contributed by atoms with Crippen LogP contribution in [0.3, 0.4) is 0 Å². The maximum atomic E-state index is 12.5. The number of hydrogen-bond donors (Lipinski definition) is 2. The molecule has 0 radical (unpaired) electrons. The number of rotatable bonds is 6. The number of aromatic nitrogens is 2. The smallest absolute Gasteiger partial charge is 0.246 e. The number of hydrogen-bond acceptors (Lipinski definition) is 5. The van der Waals surface area contributed by atoms with Gasteiger partial charge in [-0.1, -0.05) is 20.8 Å². The number of nitrogens with two attached hydrogens (primary N) is 1. The first kappa shape index (κ1) is 16.3. The topological polar surface area (TPSA) is 99.2 Å². The third-order valence-corrected chi connectivity index (χ3v) is 5.75. The number of ether oxygens (including phenoxy) is 1. The predicted molar refractivity (Wildman–Crippen MR) is 80.2 cm³/mol. The molecule has 1 aliphatic rings. The van der Waals surface area contributed by atoms with Gasteiger partial charge < -0.3 is 10.5 Å². The van der Waals surface area contributed by atoms with Gasteiger partial charge in [0.2, 0.25) is 10.0 Å². The molecule has 0 aromatic carbocycles. The van der Waals surface area contributed by atoms with Crippen LogP contribution in [0.4, 0.5) is 5.82 Å². The van der Waals surface area contributed by atoms with Crippen LogP contribution >= 0.6 is 0 Å². The zero-order valence-corrected chi connectivity index (χ0v) is 13.8. The zero-order chi connectivity index (χ0) is 15.8. The number of anilines is 1. The molecule has 0 spiro atoms. The van der Waals surface area contributed by atoms with Crippen molar-refractivity contribution in [1.82, 2.24) is 14.5 Å². The first-order chi connectivity index (χ1) is 9.72. The Morgan fingerprint density at radius 1 is 1.57 bits per heavy atom. The van der Waals surface area contributed by atoms with Crippen LogP contribution in [0.2, 0.25) is 0 Å². The van der Waals surface area contributed by atoms with Crippen molar-refractivity contribution in [3.05, 3.63) is 6.20 Å². The second kappa shape index (κ2) is 5.58. The van der Waals surface area contributed by atoms with Crippen LogP contribution < -0.4 is 10.5 Å². The van der Waals surface area contributed by atoms with E-state index in [0.29, 0.717) is 13.0 Å². The van der Waals surface area contributed by atoms with Gasteiger partial charge in [-0.3, -0.25) is 4.68 Å². The van der Waals surface area contributed by atoms with Crippen molar-refractivity contribution in [2.24, 2.45) is 5.41 Å². The van der Waals surface area contributed by atoms with E-state index in [1.807, 2.05) is 20.8 Å². The molecule has 1 aromatic rings. The monoisotopic (exact) mass is 316 g/mol. The lowest BCUT2D eigenvalue weighted by molar-refractivity contribution is -0.0908. The number of nitrogens with zero attached hydrogens (tertiary/aromatic N) is 2. The first-order valence-corrected chi connectivity index (χ1v) is 8.58. The van der Waals surface area contributed by atoms with E-state index in [4.69, 9.17) is 10.5 Å². The molecular formula is C13H24N4O3S. The summed E-state index contributed by atoms with van der Waals surface area (Å²) in [6.07, 6.45) is 3.07. The van der Waals surface area contributed by atoms with Gasteiger partial charge in [0, 0.05) is 31.3 Å². The molecule has 2 unspecified atom stereocenters. The van der Waals surface area contributed by atoms with Crippen molar-refractivity contribution in [3.63, 3.8) is 0 Å². The van der Waals surface area contributed by atoms with Crippen LogP contribution in [-0.4, -0.2) is 37.5 Å². The fourth-order valence-corrected chi connectivity index (χ4v) is 4.18. The Morgan fingerprint density at radius 3 is 2.76 bits per heavy atom. The number of methoxy groups -OCH3 is 1. The summed E-state index contributed by atoms with van der Waals surface area (Å²) in [6, 6.07) is -0.165. The van der Waals surface area contributed by atoms with Crippen molar-refractivity contribution in [2.45, 2.75) is 57.2 Å². The molecule has 0 saturated heterocycles. The molecule has 1 aliphatic carbocycles. The van der Waals surface area contributed by atoms with Gasteiger partial charge >= 0.3 is 0 Å². The molecule has 1 saturated carbocycles. The molecule has 21 heavy (non-hydrogen) atoms. The molecule has 2 atom stereocenters. The third-order valence-electron chi connectivity index (χ3n) is 4.26. The molecule has 7 nitrogen and oxygen atoms in total. The Bertz CT molecular complexity index is 609. The summed E-state index contributed by atoms with van der Waals surface area (Å²) in [4.78, 5) is 0.0487. The Balaban J connectivity index is 2.16. The van der Waals surface area contributed by atoms with Gasteiger partial charge in [-0.15, -0.1) is 0 Å². The summed E-state index contributed by atoms with van der Waals surface area (Å²) >= 11 is 0. The van der Waals surface area contributed by atoms with E-state index in [0.717, 1.165) is 6.42 Å². The van der Waals surface area contributed by atoms with Gasteiger partial charge in [0.1, 0.15) is 4.90 Å². The maximum Gasteiger partial charge on any atom is 0.246 e. The van der Waals surface area contributed by atoms with E-state index >= 15 is 0 Å². The van der Waals surface area contributed by atoms with E-state index in [-0.39, 0.29) is 28.3 Å². The minimum atomic E-state index is -3.67. The molecule has 0 amide bonds. The molecule has 8 heteroatoms. The molecule has 1 fully saturated rings. The molecule has 0 aliphatic heterocycles. The first-order valence-electron chi connectivity index (χ1n) is 7.10. The average molecular weight is 316 g/mol. The fourth-order valence-electron chi connectivity index (χ4n) is 2.70. The number of sulfonamides is 1. The lowest BCUT2D eigenvalue weighted by atomic mass is 9.65. The van der Waals surface area contributed by atoms with Crippen LogP contribution in [0.1, 0.15) is 33.6 Å². The normalized spacial score (nSPS) is 24.8. The highest BCUT2D eigenvalue weighted by atomic mass is 32.2. The number of nitrogens with one attached hydrogen (secondary N) is 1. The lowest BCUT2D eigenvalue weighted by Crippen LogP contribution is -2.61. The second-order valence-corrected chi connectivity index (χ2v) is 7.78. The summed E-state index contributed by atoms with van der Waals surface area (Å²) in [5, 5.41) is 4.04. The molecule has 2 rings (SSSR count). The van der Waals surface area contributed by atoms with E-state index in [2.05, 4.69) is 9.82 Å². The highest BCUT2D eigenvalue weighted by Crippen LogP contribution is 2.43. The number of aryl methyl sites for hydroxylation is 1. The Labute approximate surface area is 125 Å². The summed E-state index contributed by atoms with van der Waals surface area (Å²) in [5.74, 6) is 0.0383. The average Bonchev–Trinajstić information content (AvgIpc) is 2.76. The second-order valence-electron chi connectivity index (χ2n) is 6.10. The highest BCUT2D eigenvalue weighted by Gasteiger charge is 2.50. The summed E-state index contributed by atoms with van der Waals surface area (Å²) in [7, 11) is -2.02. The van der Waals surface area contributed by atoms with Gasteiger partial charge in [-0.05, 0) is 12.8 Å². The van der Waals surface area contributed by atoms with Crippen molar-refractivity contribution < 1.29 is 13.2 Å². The van der Waals surface area contributed by atoms with Gasteiger partial charge in [0.05, 0.1) is 6.10 Å². The van der Waals surface area contributed by atoms with Gasteiger partial charge in [-0.25, -0.2) is 13.1 Å². The van der Waals surface area contributed by atoms with E-state index in [1.165, 1.54) is 6.20 Å². The SMILES string of the molecule is CCCn1cc(S(=O)(=O)NC2CC(OC)C2(C)C)c(N)n1. The number of nitrogen functional groups attached to an aromatic ring is 1. The van der Waals surface area contributed by atoms with Crippen LogP contribution in [-0.2, 0) is 21.3 Å². The van der Waals surface area contributed by atoms with Gasteiger partial charge in [0.15, 0.2) is 5.82 Å². The van der Waals surface area contributed by atoms with Crippen molar-refractivity contribution in [3.8, 4) is 0 Å². The van der Waals surface area contributed by atoms with Gasteiger partial charge in [-0.2, -0.15) is 5.10 Å². The van der Waals surface area contributed by atoms with Crippen LogP contribution in [0.25, 0.3) is 0 Å². The van der Waals surface area contributed by atoms with E-state index < -0.39 is 10.0 Å². The summed E-state index contributed by atoms with van der Waals surface area (Å²) < 4.78 is 34.6. The Morgan fingerprint density at radius 2 is 2.24 bits per heavy atom. The zero-order valence-electron chi connectivity index (χ0n) is 13.0. The van der Waals surface area contributed by atoms with Crippen molar-refractivity contribution in [2.75, 3.05) is 12.8 Å². The van der Waals surface area contributed by atoms with E-state index in [1.54, 1.807) is 11.8 Å². The minimum absolute atomic E-state index is 0.0383. The maximum absolute atomic E-state index is 12.5. The molecular weight excluding hydrogens is 292 g/mol. The quantitative estimate of drug-likeness (QED) is 0.814. The van der Waals surface area contributed by atoms with Crippen molar-refractivity contribution >= 4 is 15.8 Å². The summed E-state index contributed by atoms with van der Waals surface area (Å²) in [6.45, 7) is 6.61. The lowest BCUT2D eigenvalue weighted by Gasteiger charge is -2.50. The molecule has 1 aromatic heterocycles. The third kappa shape index (κ3) is 2.93. The van der Waals surface area contributed by atoms with Crippen molar-refractivity contribution in [1.29, 1.82) is 0 Å². The predicted octanol–water partition coefficient (Wildman–Crippen LogP) is 0.967. The minimum Gasteiger partial charge on any atom is -0.381 e. The van der Waals surface area contributed by atoms with Crippen LogP contribution in [0, 0.1) is 5.41 Å². The molecule has 3 N–H and O–H groups in total. The molecule has 120 valence electrons. The largest absolute Gasteiger partial charge is 0.381 e. The fraction of sp³-hybridized carbons (Fsp3) is 0.769. The van der Waals surface area contributed by atoms with Crippen LogP contribution in [0.5, 0.6) is 0 Å². The van der Waals surface area contributed by atoms with Gasteiger partial charge in [0.25, 0.3) is 0 Å². The highest BCUT2D eigenvalue weighted by molar-refractivity contribution is 7.89. The Hall–Kier alpha value is -1.12. The standard InChI is InChI=1S/C13H24N4O3S/c1-5-6-17-8-9(12(14)15-17)21(18,19)16-10-7-11(20-4)13(10,2)3/h8,10-11,16H,5-7H2,1-4H3,(H2,14,15). The van der Waals surface area contributed by atoms with E-state index in [9.17, 15) is 8.42 Å². The van der Waals surface area contributed by atoms with Crippen LogP contribution in [0.15, 0.2) is 11.1 Å². The summed E-state index contributed by atoms with van der Waals surface area (Å²) in [5.41, 5.74) is 5.50.